The number of sulfonamides is 1. The highest BCUT2D eigenvalue weighted by Gasteiger charge is 2.18. The molecule has 0 spiro atoms. The Morgan fingerprint density at radius 2 is 1.81 bits per heavy atom. The highest BCUT2D eigenvalue weighted by atomic mass is 32.2. The molecule has 0 fully saturated rings. The number of benzene rings is 2. The maximum absolute atomic E-state index is 13.2. The van der Waals surface area contributed by atoms with Crippen molar-refractivity contribution in [2.75, 3.05) is 26.7 Å². The lowest BCUT2D eigenvalue weighted by molar-refractivity contribution is 0.0937. The van der Waals surface area contributed by atoms with Gasteiger partial charge in [0.2, 0.25) is 10.0 Å². The third-order valence-electron chi connectivity index (χ3n) is 5.11. The molecule has 1 heterocycles. The van der Waals surface area contributed by atoms with Crippen LogP contribution in [0.1, 0.15) is 21.7 Å². The summed E-state index contributed by atoms with van der Waals surface area (Å²) in [7, 11) is -1.95. The fraction of sp³-hybridized carbons (Fsp3) is 0.261. The Labute approximate surface area is 187 Å². The summed E-state index contributed by atoms with van der Waals surface area (Å²) in [5, 5.41) is 5.16. The second-order valence-corrected chi connectivity index (χ2v) is 9.19. The van der Waals surface area contributed by atoms with Gasteiger partial charge >= 0.3 is 0 Å². The van der Waals surface area contributed by atoms with Crippen LogP contribution in [0.5, 0.6) is 5.75 Å². The molecule has 0 saturated heterocycles. The van der Waals surface area contributed by atoms with Crippen molar-refractivity contribution in [2.45, 2.75) is 18.7 Å². The van der Waals surface area contributed by atoms with Crippen LogP contribution in [0, 0.1) is 19.7 Å². The summed E-state index contributed by atoms with van der Waals surface area (Å²) in [5.74, 6) is 0.0427. The number of ether oxygens (including phenoxy) is 1. The number of rotatable bonds is 9. The second-order valence-electron chi connectivity index (χ2n) is 7.63. The molecule has 7 nitrogen and oxygen atoms in total. The van der Waals surface area contributed by atoms with Crippen LogP contribution in [-0.2, 0) is 10.0 Å². The van der Waals surface area contributed by atoms with Crippen molar-refractivity contribution in [1.82, 2.24) is 9.47 Å². The number of primary sulfonamides is 1. The number of Topliss-reactive ketones (excluding diaryl/α,β-unsaturated/α-hetero) is 1. The lowest BCUT2D eigenvalue weighted by atomic mass is 10.1. The molecule has 9 heteroatoms. The van der Waals surface area contributed by atoms with Gasteiger partial charge in [0.1, 0.15) is 18.2 Å². The van der Waals surface area contributed by atoms with Gasteiger partial charge in [-0.05, 0) is 63.4 Å². The van der Waals surface area contributed by atoms with Gasteiger partial charge in [-0.2, -0.15) is 0 Å². The van der Waals surface area contributed by atoms with E-state index in [0.29, 0.717) is 24.5 Å². The molecule has 2 aromatic carbocycles. The first-order chi connectivity index (χ1) is 15.1. The molecule has 3 aromatic rings. The normalized spacial score (nSPS) is 11.7. The van der Waals surface area contributed by atoms with Crippen LogP contribution in [0.3, 0.4) is 0 Å². The van der Waals surface area contributed by atoms with E-state index in [4.69, 9.17) is 9.88 Å². The molecule has 0 saturated carbocycles. The van der Waals surface area contributed by atoms with Crippen LogP contribution in [0.4, 0.5) is 4.39 Å². The summed E-state index contributed by atoms with van der Waals surface area (Å²) in [6.45, 7) is 4.74. The van der Waals surface area contributed by atoms with Gasteiger partial charge in [-0.25, -0.2) is 17.9 Å². The first kappa shape index (κ1) is 23.6. The molecule has 0 atom stereocenters. The van der Waals surface area contributed by atoms with Gasteiger partial charge in [0.05, 0.1) is 11.4 Å². The summed E-state index contributed by atoms with van der Waals surface area (Å²) >= 11 is 0. The zero-order valence-corrected chi connectivity index (χ0v) is 19.0. The molecule has 0 aliphatic heterocycles. The third-order valence-corrected chi connectivity index (χ3v) is 6.04. The van der Waals surface area contributed by atoms with Gasteiger partial charge in [-0.15, -0.1) is 0 Å². The zero-order valence-electron chi connectivity index (χ0n) is 18.2. The molecule has 170 valence electrons. The quantitative estimate of drug-likeness (QED) is 0.496. The van der Waals surface area contributed by atoms with E-state index in [9.17, 15) is 17.6 Å². The fourth-order valence-electron chi connectivity index (χ4n) is 3.51. The summed E-state index contributed by atoms with van der Waals surface area (Å²) in [4.78, 5) is 14.8. The molecule has 0 amide bonds. The summed E-state index contributed by atoms with van der Waals surface area (Å²) in [5.41, 5.74) is 2.95. The van der Waals surface area contributed by atoms with Crippen molar-refractivity contribution in [3.63, 3.8) is 0 Å². The minimum atomic E-state index is -3.77. The number of likely N-dealkylation sites (N-methyl/N-ethyl adjacent to an activating group) is 1. The van der Waals surface area contributed by atoms with E-state index in [1.165, 1.54) is 24.3 Å². The molecule has 0 unspecified atom stereocenters. The van der Waals surface area contributed by atoms with Crippen LogP contribution in [0.25, 0.3) is 5.69 Å². The Hall–Kier alpha value is -3.01. The minimum Gasteiger partial charge on any atom is -0.492 e. The molecule has 0 radical (unpaired) electrons. The number of carbonyl (C=O) groups is 1. The van der Waals surface area contributed by atoms with Gasteiger partial charge in [-0.3, -0.25) is 9.69 Å². The third kappa shape index (κ3) is 5.61. The van der Waals surface area contributed by atoms with Gasteiger partial charge in [0.15, 0.2) is 5.78 Å². The van der Waals surface area contributed by atoms with Crippen LogP contribution < -0.4 is 9.88 Å². The highest BCUT2D eigenvalue weighted by molar-refractivity contribution is 7.89. The summed E-state index contributed by atoms with van der Waals surface area (Å²) in [6, 6.07) is 13.9. The maximum Gasteiger partial charge on any atom is 0.238 e. The zero-order chi connectivity index (χ0) is 23.5. The average molecular weight is 460 g/mol. The SMILES string of the molecule is Cc1cc(C(=O)CN(C)CCOc2cccc(F)c2)c(C)n1-c1ccc(S(N)(=O)=O)cc1. The molecular weight excluding hydrogens is 433 g/mol. The number of halogens is 1. The van der Waals surface area contributed by atoms with Gasteiger partial charge in [0.25, 0.3) is 0 Å². The molecule has 3 rings (SSSR count). The molecular formula is C23H26FN3O4S. The number of ketones is 1. The predicted octanol–water partition coefficient (Wildman–Crippen LogP) is 3.07. The Balaban J connectivity index is 1.66. The fourth-order valence-corrected chi connectivity index (χ4v) is 4.03. The standard InChI is InChI=1S/C23H26FN3O4S/c1-16-13-22(17(2)27(16)19-7-9-21(10-8-19)32(25,29)30)23(28)15-26(3)11-12-31-20-6-4-5-18(24)14-20/h4-10,13-14H,11-12,15H2,1-3H3,(H2,25,29,30). The largest absolute Gasteiger partial charge is 0.492 e. The van der Waals surface area contributed by atoms with Crippen molar-refractivity contribution in [1.29, 1.82) is 0 Å². The number of aryl methyl sites for hydroxylation is 1. The van der Waals surface area contributed by atoms with E-state index in [1.54, 1.807) is 24.3 Å². The highest BCUT2D eigenvalue weighted by Crippen LogP contribution is 2.22. The molecule has 1 aromatic heterocycles. The summed E-state index contributed by atoms with van der Waals surface area (Å²) in [6.07, 6.45) is 0. The lowest BCUT2D eigenvalue weighted by Gasteiger charge is -2.16. The van der Waals surface area contributed by atoms with E-state index in [-0.39, 0.29) is 23.0 Å². The van der Waals surface area contributed by atoms with Gasteiger partial charge in [0, 0.05) is 35.2 Å². The van der Waals surface area contributed by atoms with Crippen LogP contribution in [0.15, 0.2) is 59.5 Å². The second kappa shape index (κ2) is 9.64. The minimum absolute atomic E-state index is 0.0297. The Bertz CT molecular complexity index is 1220. The number of hydrogen-bond acceptors (Lipinski definition) is 5. The topological polar surface area (TPSA) is 94.6 Å². The van der Waals surface area contributed by atoms with Crippen molar-refractivity contribution < 1.29 is 22.3 Å². The monoisotopic (exact) mass is 459 g/mol. The Morgan fingerprint density at radius 3 is 2.44 bits per heavy atom. The van der Waals surface area contributed by atoms with Gasteiger partial charge in [-0.1, -0.05) is 6.07 Å². The van der Waals surface area contributed by atoms with Crippen molar-refractivity contribution >= 4 is 15.8 Å². The molecule has 0 bridgehead atoms. The Morgan fingerprint density at radius 1 is 1.12 bits per heavy atom. The Kier molecular flexibility index (Phi) is 7.12. The molecule has 2 N–H and O–H groups in total. The van der Waals surface area contributed by atoms with E-state index in [0.717, 1.165) is 17.1 Å². The lowest BCUT2D eigenvalue weighted by Crippen LogP contribution is -2.30. The van der Waals surface area contributed by atoms with Crippen molar-refractivity contribution in [2.24, 2.45) is 5.14 Å². The first-order valence-corrected chi connectivity index (χ1v) is 11.5. The molecule has 0 aliphatic rings. The maximum atomic E-state index is 13.2. The smallest absolute Gasteiger partial charge is 0.238 e. The molecule has 0 aliphatic carbocycles. The number of nitrogens with two attached hydrogens (primary N) is 1. The number of aromatic nitrogens is 1. The van der Waals surface area contributed by atoms with Crippen molar-refractivity contribution in [3.8, 4) is 11.4 Å². The van der Waals surface area contributed by atoms with Crippen LogP contribution in [0.2, 0.25) is 0 Å². The van der Waals surface area contributed by atoms with Crippen molar-refractivity contribution in [3.05, 3.63) is 77.4 Å². The van der Waals surface area contributed by atoms with Gasteiger partial charge < -0.3 is 9.30 Å². The van der Waals surface area contributed by atoms with E-state index >= 15 is 0 Å². The van der Waals surface area contributed by atoms with E-state index in [1.807, 2.05) is 36.4 Å². The van der Waals surface area contributed by atoms with Crippen LogP contribution in [-0.4, -0.2) is 50.4 Å². The first-order valence-electron chi connectivity index (χ1n) is 9.98. The molecule has 32 heavy (non-hydrogen) atoms. The number of hydrogen-bond donors (Lipinski definition) is 1. The van der Waals surface area contributed by atoms with Crippen LogP contribution >= 0.6 is 0 Å². The predicted molar refractivity (Wildman–Crippen MR) is 120 cm³/mol. The average Bonchev–Trinajstić information content (AvgIpc) is 3.01. The van der Waals surface area contributed by atoms with E-state index in [2.05, 4.69) is 0 Å². The van der Waals surface area contributed by atoms with E-state index < -0.39 is 10.0 Å². The number of carbonyl (C=O) groups excluding carboxylic acids is 1. The number of nitrogens with zero attached hydrogens (tertiary/aromatic N) is 2. The summed E-state index contributed by atoms with van der Waals surface area (Å²) < 4.78 is 43.6.